The Morgan fingerprint density at radius 2 is 1.89 bits per heavy atom. The molecule has 1 aliphatic heterocycles. The first-order chi connectivity index (χ1) is 9.15. The Bertz CT molecular complexity index is 325. The predicted molar refractivity (Wildman–Crippen MR) is 69.8 cm³/mol. The van der Waals surface area contributed by atoms with Gasteiger partial charge in [0.1, 0.15) is 0 Å². The van der Waals surface area contributed by atoms with E-state index in [2.05, 4.69) is 0 Å². The number of aliphatic carboxylic acids is 1. The van der Waals surface area contributed by atoms with Gasteiger partial charge in [-0.05, 0) is 18.8 Å². The van der Waals surface area contributed by atoms with Gasteiger partial charge in [0.2, 0.25) is 5.91 Å². The van der Waals surface area contributed by atoms with Crippen molar-refractivity contribution in [3.63, 3.8) is 0 Å². The van der Waals surface area contributed by atoms with Crippen molar-refractivity contribution in [2.24, 2.45) is 5.92 Å². The highest BCUT2D eigenvalue weighted by Gasteiger charge is 2.27. The van der Waals surface area contributed by atoms with E-state index in [9.17, 15) is 9.59 Å². The molecule has 19 heavy (non-hydrogen) atoms. The third-order valence-corrected chi connectivity index (χ3v) is 4.08. The molecule has 0 aromatic heterocycles. The fourth-order valence-corrected chi connectivity index (χ4v) is 3.03. The minimum atomic E-state index is -0.869. The Kier molecular flexibility index (Phi) is 5.19. The average molecular weight is 269 g/mol. The quantitative estimate of drug-likeness (QED) is 0.843. The topological polar surface area (TPSA) is 66.8 Å². The zero-order chi connectivity index (χ0) is 13.7. The Hall–Kier alpha value is -1.10. The van der Waals surface area contributed by atoms with Gasteiger partial charge in [0.25, 0.3) is 0 Å². The van der Waals surface area contributed by atoms with E-state index in [1.165, 1.54) is 19.3 Å². The number of carbonyl (C=O) groups excluding carboxylic acids is 1. The third kappa shape index (κ3) is 4.49. The van der Waals surface area contributed by atoms with Gasteiger partial charge in [-0.2, -0.15) is 0 Å². The summed E-state index contributed by atoms with van der Waals surface area (Å²) < 4.78 is 5.38. The minimum Gasteiger partial charge on any atom is -0.481 e. The van der Waals surface area contributed by atoms with Crippen molar-refractivity contribution in [2.75, 3.05) is 19.7 Å². The molecule has 1 unspecified atom stereocenters. The Morgan fingerprint density at radius 3 is 2.58 bits per heavy atom. The van der Waals surface area contributed by atoms with Crippen molar-refractivity contribution in [1.29, 1.82) is 0 Å². The standard InChI is InChI=1S/C14H23NO4/c16-13(8-11-4-2-1-3-5-11)15-6-7-19-12(10-15)9-14(17)18/h11-12H,1-10H2,(H,17,18). The number of hydrogen-bond acceptors (Lipinski definition) is 3. The van der Waals surface area contributed by atoms with Crippen LogP contribution < -0.4 is 0 Å². The maximum atomic E-state index is 12.2. The third-order valence-electron chi connectivity index (χ3n) is 4.08. The molecule has 1 N–H and O–H groups in total. The van der Waals surface area contributed by atoms with Crippen LogP contribution in [-0.4, -0.2) is 47.7 Å². The number of carbonyl (C=O) groups is 2. The van der Waals surface area contributed by atoms with Crippen molar-refractivity contribution in [2.45, 2.75) is 51.0 Å². The molecule has 1 aliphatic carbocycles. The molecule has 0 aromatic carbocycles. The Labute approximate surface area is 113 Å². The lowest BCUT2D eigenvalue weighted by atomic mass is 9.86. The number of morpholine rings is 1. The normalized spacial score (nSPS) is 25.3. The van der Waals surface area contributed by atoms with E-state index in [-0.39, 0.29) is 18.4 Å². The lowest BCUT2D eigenvalue weighted by Gasteiger charge is -2.33. The zero-order valence-corrected chi connectivity index (χ0v) is 11.3. The van der Waals surface area contributed by atoms with Crippen LogP contribution in [0.5, 0.6) is 0 Å². The monoisotopic (exact) mass is 269 g/mol. The first-order valence-electron chi connectivity index (χ1n) is 7.26. The highest BCUT2D eigenvalue weighted by Crippen LogP contribution is 2.27. The summed E-state index contributed by atoms with van der Waals surface area (Å²) >= 11 is 0. The molecule has 2 aliphatic rings. The summed E-state index contributed by atoms with van der Waals surface area (Å²) in [4.78, 5) is 24.7. The van der Waals surface area contributed by atoms with Crippen LogP contribution in [0, 0.1) is 5.92 Å². The fourth-order valence-electron chi connectivity index (χ4n) is 3.03. The molecule has 108 valence electrons. The molecule has 1 atom stereocenters. The molecule has 0 spiro atoms. The summed E-state index contributed by atoms with van der Waals surface area (Å²) in [6, 6.07) is 0. The van der Waals surface area contributed by atoms with Crippen LogP contribution in [0.25, 0.3) is 0 Å². The molecule has 0 aromatic rings. The summed E-state index contributed by atoms with van der Waals surface area (Å²) in [5.74, 6) is -0.167. The molecule has 0 bridgehead atoms. The maximum Gasteiger partial charge on any atom is 0.306 e. The van der Waals surface area contributed by atoms with Crippen LogP contribution in [0.3, 0.4) is 0 Å². The molecular formula is C14H23NO4. The predicted octanol–water partition coefficient (Wildman–Crippen LogP) is 1.66. The molecular weight excluding hydrogens is 246 g/mol. The number of amides is 1. The summed E-state index contributed by atoms with van der Waals surface area (Å²) in [6.07, 6.45) is 6.35. The summed E-state index contributed by atoms with van der Waals surface area (Å²) in [5.41, 5.74) is 0. The molecule has 1 heterocycles. The molecule has 2 fully saturated rings. The highest BCUT2D eigenvalue weighted by atomic mass is 16.5. The van der Waals surface area contributed by atoms with Gasteiger partial charge in [0.05, 0.1) is 19.1 Å². The average Bonchev–Trinajstić information content (AvgIpc) is 2.39. The van der Waals surface area contributed by atoms with Crippen LogP contribution in [0.2, 0.25) is 0 Å². The fraction of sp³-hybridized carbons (Fsp3) is 0.857. The van der Waals surface area contributed by atoms with Gasteiger partial charge in [0.15, 0.2) is 0 Å². The van der Waals surface area contributed by atoms with Crippen molar-refractivity contribution in [1.82, 2.24) is 4.90 Å². The number of ether oxygens (including phenoxy) is 1. The summed E-state index contributed by atoms with van der Waals surface area (Å²) in [5, 5.41) is 8.77. The van der Waals surface area contributed by atoms with Crippen molar-refractivity contribution >= 4 is 11.9 Å². The minimum absolute atomic E-state index is 0.0206. The molecule has 1 amide bonds. The van der Waals surface area contributed by atoms with Crippen LogP contribution in [0.15, 0.2) is 0 Å². The number of rotatable bonds is 4. The molecule has 5 nitrogen and oxygen atoms in total. The molecule has 0 radical (unpaired) electrons. The van der Waals surface area contributed by atoms with E-state index in [4.69, 9.17) is 9.84 Å². The van der Waals surface area contributed by atoms with Crippen molar-refractivity contribution < 1.29 is 19.4 Å². The smallest absolute Gasteiger partial charge is 0.306 e. The lowest BCUT2D eigenvalue weighted by molar-refractivity contribution is -0.148. The van der Waals surface area contributed by atoms with Gasteiger partial charge in [-0.3, -0.25) is 9.59 Å². The van der Waals surface area contributed by atoms with Crippen LogP contribution in [0.1, 0.15) is 44.9 Å². The first-order valence-corrected chi connectivity index (χ1v) is 7.26. The van der Waals surface area contributed by atoms with E-state index in [0.717, 1.165) is 12.8 Å². The van der Waals surface area contributed by atoms with E-state index in [0.29, 0.717) is 32.0 Å². The van der Waals surface area contributed by atoms with Crippen LogP contribution in [0.4, 0.5) is 0 Å². The van der Waals surface area contributed by atoms with E-state index >= 15 is 0 Å². The summed E-state index contributed by atoms with van der Waals surface area (Å²) in [7, 11) is 0. The number of carboxylic acids is 1. The second kappa shape index (κ2) is 6.89. The summed E-state index contributed by atoms with van der Waals surface area (Å²) in [6.45, 7) is 1.48. The maximum absolute atomic E-state index is 12.2. The second-order valence-corrected chi connectivity index (χ2v) is 5.64. The SMILES string of the molecule is O=C(O)CC1CN(C(=O)CC2CCCCC2)CCO1. The second-order valence-electron chi connectivity index (χ2n) is 5.64. The van der Waals surface area contributed by atoms with Crippen LogP contribution >= 0.6 is 0 Å². The van der Waals surface area contributed by atoms with Crippen molar-refractivity contribution in [3.8, 4) is 0 Å². The van der Waals surface area contributed by atoms with E-state index in [1.807, 2.05) is 0 Å². The molecule has 1 saturated carbocycles. The van der Waals surface area contributed by atoms with Gasteiger partial charge in [0, 0.05) is 19.5 Å². The number of hydrogen-bond donors (Lipinski definition) is 1. The van der Waals surface area contributed by atoms with Gasteiger partial charge >= 0.3 is 5.97 Å². The van der Waals surface area contributed by atoms with Gasteiger partial charge in [-0.15, -0.1) is 0 Å². The van der Waals surface area contributed by atoms with Crippen molar-refractivity contribution in [3.05, 3.63) is 0 Å². The lowest BCUT2D eigenvalue weighted by Crippen LogP contribution is -2.46. The van der Waals surface area contributed by atoms with Crippen LogP contribution in [-0.2, 0) is 14.3 Å². The number of carboxylic acid groups (broad SMARTS) is 1. The molecule has 1 saturated heterocycles. The largest absolute Gasteiger partial charge is 0.481 e. The van der Waals surface area contributed by atoms with Gasteiger partial charge in [-0.1, -0.05) is 19.3 Å². The van der Waals surface area contributed by atoms with Gasteiger partial charge in [-0.25, -0.2) is 0 Å². The molecule has 5 heteroatoms. The van der Waals surface area contributed by atoms with Gasteiger partial charge < -0.3 is 14.7 Å². The molecule has 2 rings (SSSR count). The van der Waals surface area contributed by atoms with E-state index < -0.39 is 5.97 Å². The number of nitrogens with zero attached hydrogens (tertiary/aromatic N) is 1. The Balaban J connectivity index is 1.79. The highest BCUT2D eigenvalue weighted by molar-refractivity contribution is 5.76. The zero-order valence-electron chi connectivity index (χ0n) is 11.3. The Morgan fingerprint density at radius 1 is 1.16 bits per heavy atom. The first kappa shape index (κ1) is 14.3. The van der Waals surface area contributed by atoms with E-state index in [1.54, 1.807) is 4.90 Å².